The molecule has 1 aromatic carbocycles. The van der Waals surface area contributed by atoms with Gasteiger partial charge in [0.05, 0.1) is 31.8 Å². The van der Waals surface area contributed by atoms with Crippen LogP contribution in [0.25, 0.3) is 0 Å². The number of aryl methyl sites for hydroxylation is 1. The van der Waals surface area contributed by atoms with Crippen LogP contribution in [0.1, 0.15) is 43.5 Å². The number of hydrogen-bond donors (Lipinski definition) is 3. The summed E-state index contributed by atoms with van der Waals surface area (Å²) in [4.78, 5) is 31.8. The average molecular weight is 542 g/mol. The van der Waals surface area contributed by atoms with Crippen LogP contribution in [0.4, 0.5) is 16.0 Å². The molecule has 1 saturated carbocycles. The molecule has 39 heavy (non-hydrogen) atoms. The number of amides is 1. The van der Waals surface area contributed by atoms with Gasteiger partial charge in [0.25, 0.3) is 0 Å². The van der Waals surface area contributed by atoms with E-state index in [1.807, 2.05) is 35.2 Å². The Hall–Kier alpha value is -2.86. The number of halogens is 1. The smallest absolute Gasteiger partial charge is 0.242 e. The Morgan fingerprint density at radius 2 is 2.00 bits per heavy atom. The van der Waals surface area contributed by atoms with Gasteiger partial charge in [-0.15, -0.1) is 0 Å². The van der Waals surface area contributed by atoms with Crippen LogP contribution < -0.4 is 21.2 Å². The van der Waals surface area contributed by atoms with Crippen molar-refractivity contribution in [2.75, 3.05) is 56.3 Å². The van der Waals surface area contributed by atoms with Gasteiger partial charge < -0.3 is 9.64 Å². The Balaban J connectivity index is 1.19. The van der Waals surface area contributed by atoms with E-state index in [1.165, 1.54) is 12.8 Å². The maximum absolute atomic E-state index is 15.6. The quantitative estimate of drug-likeness (QED) is 0.293. The summed E-state index contributed by atoms with van der Waals surface area (Å²) in [6.45, 7) is 6.91. The van der Waals surface area contributed by atoms with Crippen LogP contribution in [0.3, 0.4) is 0 Å². The highest BCUT2D eigenvalue weighted by molar-refractivity contribution is 5.80. The van der Waals surface area contributed by atoms with Crippen molar-refractivity contribution in [1.82, 2.24) is 25.8 Å². The van der Waals surface area contributed by atoms with Crippen LogP contribution in [0.2, 0.25) is 0 Å². The van der Waals surface area contributed by atoms with Crippen molar-refractivity contribution >= 4 is 17.5 Å². The Morgan fingerprint density at radius 3 is 2.82 bits per heavy atom. The molecule has 212 valence electrons. The number of piperazine rings is 1. The summed E-state index contributed by atoms with van der Waals surface area (Å²) in [6, 6.07) is 10.1. The van der Waals surface area contributed by atoms with Crippen LogP contribution in [0.5, 0.6) is 0 Å². The van der Waals surface area contributed by atoms with E-state index in [2.05, 4.69) is 31.2 Å². The lowest BCUT2D eigenvalue weighted by molar-refractivity contribution is -0.126. The van der Waals surface area contributed by atoms with Gasteiger partial charge in [0.15, 0.2) is 11.6 Å². The third kappa shape index (κ3) is 7.42. The number of ether oxygens (including phenoxy) is 1. The zero-order valence-corrected chi connectivity index (χ0v) is 22.7. The van der Waals surface area contributed by atoms with Crippen molar-refractivity contribution in [1.29, 1.82) is 0 Å². The topological polar surface area (TPSA) is 104 Å². The number of nitrogens with zero attached hydrogens (tertiary/aromatic N) is 4. The number of rotatable bonds is 11. The Morgan fingerprint density at radius 1 is 1.18 bits per heavy atom. The van der Waals surface area contributed by atoms with E-state index >= 15 is 4.39 Å². The minimum Gasteiger partial charge on any atom is -0.378 e. The third-order valence-corrected chi connectivity index (χ3v) is 7.96. The number of carbonyl (C=O) groups excluding carboxylic acids is 1. The lowest BCUT2D eigenvalue weighted by Gasteiger charge is -2.44. The summed E-state index contributed by atoms with van der Waals surface area (Å²) in [5.74, 6) is 0.0450. The normalized spacial score (nSPS) is 21.0. The van der Waals surface area contributed by atoms with Crippen LogP contribution in [-0.2, 0) is 21.0 Å². The maximum atomic E-state index is 15.6. The molecule has 3 aliphatic rings. The molecule has 1 aromatic heterocycles. The molecule has 2 aromatic rings. The molecule has 2 atom stereocenters. The third-order valence-electron chi connectivity index (χ3n) is 7.96. The number of benzene rings is 1. The molecule has 2 aliphatic heterocycles. The van der Waals surface area contributed by atoms with Gasteiger partial charge >= 0.3 is 0 Å². The first-order valence-corrected chi connectivity index (χ1v) is 14.1. The second kappa shape index (κ2) is 13.5. The highest BCUT2D eigenvalue weighted by atomic mass is 19.1. The second-order valence-electron chi connectivity index (χ2n) is 10.8. The molecule has 1 amide bonds. The highest BCUT2D eigenvalue weighted by Crippen LogP contribution is 2.30. The van der Waals surface area contributed by atoms with Crippen molar-refractivity contribution in [3.63, 3.8) is 0 Å². The average Bonchev–Trinajstić information content (AvgIpc) is 3.48. The molecular formula is C28H40FN7O3. The fraction of sp³-hybridized carbons (Fsp3) is 0.607. The molecule has 1 aliphatic carbocycles. The summed E-state index contributed by atoms with van der Waals surface area (Å²) in [5.41, 5.74) is 9.49. The van der Waals surface area contributed by atoms with Gasteiger partial charge in [-0.05, 0) is 24.8 Å². The molecule has 0 bridgehead atoms. The molecule has 3 fully saturated rings. The standard InChI is InChI=1S/C28H40FN7O3/c1-20-31-26(25(29)27(32-20)36-12-11-35-13-14-38-19-24(35)17-36)33-34-28(37)23(15-21-7-5-6-8-21)16-30-39-18-22-9-3-2-4-10-22/h2-4,9-10,21,23-24,30H,5-8,11-19H2,1H3,(H,34,37)(H,31,32,33). The fourth-order valence-corrected chi connectivity index (χ4v) is 5.80. The number of hydrazine groups is 1. The first kappa shape index (κ1) is 27.7. The number of morpholine rings is 1. The van der Waals surface area contributed by atoms with E-state index in [0.717, 1.165) is 44.5 Å². The summed E-state index contributed by atoms with van der Waals surface area (Å²) in [5, 5.41) is 0. The largest absolute Gasteiger partial charge is 0.378 e. The summed E-state index contributed by atoms with van der Waals surface area (Å²) < 4.78 is 21.2. The van der Waals surface area contributed by atoms with Crippen molar-refractivity contribution in [2.45, 2.75) is 51.7 Å². The summed E-state index contributed by atoms with van der Waals surface area (Å²) >= 11 is 0. The molecule has 10 nitrogen and oxygen atoms in total. The number of fused-ring (bicyclic) bond motifs is 1. The fourth-order valence-electron chi connectivity index (χ4n) is 5.80. The second-order valence-corrected chi connectivity index (χ2v) is 10.8. The summed E-state index contributed by atoms with van der Waals surface area (Å²) in [7, 11) is 0. The van der Waals surface area contributed by atoms with Gasteiger partial charge in [-0.3, -0.25) is 25.4 Å². The number of anilines is 2. The van der Waals surface area contributed by atoms with Crippen molar-refractivity contribution in [3.05, 3.63) is 47.5 Å². The highest BCUT2D eigenvalue weighted by Gasteiger charge is 2.32. The van der Waals surface area contributed by atoms with E-state index < -0.39 is 5.82 Å². The molecule has 3 N–H and O–H groups in total. The Bertz CT molecular complexity index is 1090. The van der Waals surface area contributed by atoms with Gasteiger partial charge in [-0.25, -0.2) is 15.4 Å². The van der Waals surface area contributed by atoms with Crippen LogP contribution in [0, 0.1) is 24.6 Å². The lowest BCUT2D eigenvalue weighted by Crippen LogP contribution is -2.58. The Kier molecular flexibility index (Phi) is 9.57. The zero-order chi connectivity index (χ0) is 27.0. The molecule has 0 spiro atoms. The van der Waals surface area contributed by atoms with E-state index in [1.54, 1.807) is 6.92 Å². The van der Waals surface area contributed by atoms with Gasteiger partial charge in [-0.2, -0.15) is 4.39 Å². The number of aromatic nitrogens is 2. The van der Waals surface area contributed by atoms with Crippen molar-refractivity contribution in [2.24, 2.45) is 11.8 Å². The van der Waals surface area contributed by atoms with E-state index in [-0.39, 0.29) is 29.5 Å². The van der Waals surface area contributed by atoms with Crippen molar-refractivity contribution in [3.8, 4) is 0 Å². The van der Waals surface area contributed by atoms with E-state index in [4.69, 9.17) is 9.57 Å². The molecule has 2 unspecified atom stereocenters. The first-order chi connectivity index (χ1) is 19.1. The number of nitrogens with one attached hydrogen (secondary N) is 3. The predicted molar refractivity (Wildman–Crippen MR) is 146 cm³/mol. The molecule has 3 heterocycles. The SMILES string of the molecule is Cc1nc(NNC(=O)C(CNOCc2ccccc2)CC2CCCC2)c(F)c(N2CCN3CCOCC3C2)n1. The Labute approximate surface area is 229 Å². The van der Waals surface area contributed by atoms with Crippen LogP contribution >= 0.6 is 0 Å². The van der Waals surface area contributed by atoms with Crippen LogP contribution in [0.15, 0.2) is 30.3 Å². The van der Waals surface area contributed by atoms with Crippen LogP contribution in [-0.4, -0.2) is 72.8 Å². The zero-order valence-electron chi connectivity index (χ0n) is 22.7. The van der Waals surface area contributed by atoms with Crippen molar-refractivity contribution < 1.29 is 18.8 Å². The number of hydroxylamine groups is 1. The van der Waals surface area contributed by atoms with Gasteiger partial charge in [-0.1, -0.05) is 56.0 Å². The summed E-state index contributed by atoms with van der Waals surface area (Å²) in [6.07, 6.45) is 5.41. The molecule has 0 radical (unpaired) electrons. The lowest BCUT2D eigenvalue weighted by atomic mass is 9.93. The minimum atomic E-state index is -0.567. The molecule has 2 saturated heterocycles. The first-order valence-electron chi connectivity index (χ1n) is 14.1. The molecule has 5 rings (SSSR count). The number of carbonyl (C=O) groups is 1. The predicted octanol–water partition coefficient (Wildman–Crippen LogP) is 2.81. The minimum absolute atomic E-state index is 0.0268. The van der Waals surface area contributed by atoms with E-state index in [0.29, 0.717) is 44.6 Å². The van der Waals surface area contributed by atoms with Gasteiger partial charge in [0, 0.05) is 32.7 Å². The molecule has 11 heteroatoms. The number of hydrogen-bond acceptors (Lipinski definition) is 9. The monoisotopic (exact) mass is 541 g/mol. The molecular weight excluding hydrogens is 501 g/mol. The van der Waals surface area contributed by atoms with Gasteiger partial charge in [0.1, 0.15) is 5.82 Å². The van der Waals surface area contributed by atoms with E-state index in [9.17, 15) is 4.79 Å². The maximum Gasteiger partial charge on any atom is 0.242 e. The van der Waals surface area contributed by atoms with Gasteiger partial charge in [0.2, 0.25) is 11.7 Å².